The zero-order valence-electron chi connectivity index (χ0n) is 26.1. The number of hydrogen-bond donors (Lipinski definition) is 14. The minimum absolute atomic E-state index is 0. The zero-order valence-corrected chi connectivity index (χ0v) is 35.5. The topological polar surface area (TPSA) is 419 Å². The Bertz CT molecular complexity index is 1200. The van der Waals surface area contributed by atoms with Crippen molar-refractivity contribution >= 4 is 53.2 Å². The molecule has 0 aromatic rings. The first kappa shape index (κ1) is 53.6. The first-order valence-corrected chi connectivity index (χ1v) is 25.6. The fourth-order valence-corrected chi connectivity index (χ4v) is 9.86. The van der Waals surface area contributed by atoms with E-state index in [1.165, 1.54) is 0 Å². The molecule has 0 fully saturated rings. The molecule has 0 aliphatic heterocycles. The molecule has 0 aliphatic rings. The molecule has 0 saturated heterocycles. The van der Waals surface area contributed by atoms with Crippen LogP contribution in [-0.2, 0) is 32.0 Å². The van der Waals surface area contributed by atoms with Gasteiger partial charge < -0.3 is 68.5 Å². The Balaban J connectivity index is 0. The van der Waals surface area contributed by atoms with Crippen molar-refractivity contribution in [3.8, 4) is 0 Å². The summed E-state index contributed by atoms with van der Waals surface area (Å²) in [7, 11) is -34.0. The Morgan fingerprint density at radius 2 is 0.347 bits per heavy atom. The fourth-order valence-electron chi connectivity index (χ4n) is 4.09. The van der Waals surface area contributed by atoms with Gasteiger partial charge in [0, 0.05) is 52.4 Å². The minimum Gasteiger partial charge on any atom is -0.324 e. The van der Waals surface area contributed by atoms with Crippen LogP contribution in [0.1, 0.15) is 0 Å². The van der Waals surface area contributed by atoms with E-state index in [9.17, 15) is 100 Å². The van der Waals surface area contributed by atoms with Gasteiger partial charge in [-0.3, -0.25) is 56.5 Å². The fraction of sp³-hybridized carbons (Fsp3) is 1.00. The van der Waals surface area contributed by atoms with Crippen molar-refractivity contribution in [2.45, 2.75) is 0 Å². The molecule has 0 aliphatic carbocycles. The van der Waals surface area contributed by atoms with Gasteiger partial charge >= 0.3 is 105 Å². The van der Waals surface area contributed by atoms with E-state index in [-0.39, 0.29) is 51.4 Å². The van der Waals surface area contributed by atoms with E-state index in [1.54, 1.807) is 0 Å². The largest absolute Gasteiger partial charge is 1.00 e. The number of hydrogen-bond acceptors (Lipinski definition) is 12. The molecule has 14 N–H and O–H groups in total. The normalized spacial score (nSPS) is 14.4. The van der Waals surface area contributed by atoms with Gasteiger partial charge in [-0.1, -0.05) is 0 Å². The van der Waals surface area contributed by atoms with E-state index in [4.69, 9.17) is 0 Å². The summed E-state index contributed by atoms with van der Waals surface area (Å²) < 4.78 is 81.0. The van der Waals surface area contributed by atoms with Crippen LogP contribution >= 0.6 is 53.2 Å². The van der Waals surface area contributed by atoms with Crippen LogP contribution in [0.5, 0.6) is 0 Å². The van der Waals surface area contributed by atoms with Gasteiger partial charge in [-0.2, -0.15) is 0 Å². The second-order valence-electron chi connectivity index (χ2n) is 10.8. The SMILES string of the molecule is O=P(O)(O)CN(CCN(CCN(CP(=O)(O)O)CP(=O)(O)O)CP(=O)(O)O)CCN(CCN(CP(=O)(O)O)CP(=O)(O)O)CP(=O)(O)O.[K+]. The van der Waals surface area contributed by atoms with Gasteiger partial charge in [-0.15, -0.1) is 0 Å². The maximum atomic E-state index is 11.8. The van der Waals surface area contributed by atoms with E-state index in [2.05, 4.69) is 0 Å². The Morgan fingerprint density at radius 1 is 0.245 bits per heavy atom. The van der Waals surface area contributed by atoms with Crippen molar-refractivity contribution in [1.29, 1.82) is 0 Å². The average Bonchev–Trinajstić information content (AvgIpc) is 2.75. The van der Waals surface area contributed by atoms with Crippen molar-refractivity contribution < 1.29 is 152 Å². The van der Waals surface area contributed by atoms with Gasteiger partial charge in [-0.25, -0.2) is 0 Å². The summed E-state index contributed by atoms with van der Waals surface area (Å²) in [6, 6.07) is 0. The predicted octanol–water partition coefficient (Wildman–Crippen LogP) is -6.55. The molecule has 0 atom stereocenters. The van der Waals surface area contributed by atoms with E-state index < -0.39 is 150 Å². The van der Waals surface area contributed by atoms with Crippen molar-refractivity contribution in [2.24, 2.45) is 0 Å². The van der Waals surface area contributed by atoms with Crippen molar-refractivity contribution in [3.05, 3.63) is 0 Å². The Hall–Kier alpha value is 2.49. The maximum Gasteiger partial charge on any atom is 1.00 e. The van der Waals surface area contributed by atoms with Gasteiger partial charge in [0.15, 0.2) is 0 Å². The first-order chi connectivity index (χ1) is 21.1. The quantitative estimate of drug-likeness (QED) is 0.0284. The third-order valence-corrected chi connectivity index (χ3v) is 11.0. The van der Waals surface area contributed by atoms with Crippen LogP contribution in [0.15, 0.2) is 0 Å². The molecule has 0 radical (unpaired) electrons. The van der Waals surface area contributed by atoms with E-state index in [1.807, 2.05) is 0 Å². The Morgan fingerprint density at radius 3 is 0.469 bits per heavy atom. The molecule has 0 heterocycles. The van der Waals surface area contributed by atoms with Crippen LogP contribution in [0.4, 0.5) is 0 Å². The molecule has 0 aromatic heterocycles. The molecule has 290 valence electrons. The first-order valence-electron chi connectivity index (χ1n) is 13.0. The maximum absolute atomic E-state index is 11.8. The summed E-state index contributed by atoms with van der Waals surface area (Å²) in [6.07, 6.45) is -7.50. The van der Waals surface area contributed by atoms with Crippen LogP contribution in [-0.4, -0.2) is 189 Å². The number of rotatable bonds is 26. The Labute approximate surface area is 323 Å². The molecule has 0 aromatic carbocycles. The van der Waals surface area contributed by atoms with Crippen molar-refractivity contribution in [2.75, 3.05) is 96.4 Å². The molecule has 0 spiro atoms. The monoisotopic (exact) mass is 886 g/mol. The molecule has 0 bridgehead atoms. The summed E-state index contributed by atoms with van der Waals surface area (Å²) >= 11 is 0. The van der Waals surface area contributed by atoms with Gasteiger partial charge in [-0.05, 0) is 0 Å². The Kier molecular flexibility index (Phi) is 24.4. The molecule has 34 heteroatoms. The van der Waals surface area contributed by atoms with Gasteiger partial charge in [0.1, 0.15) is 44.0 Å². The molecule has 0 unspecified atom stereocenters. The van der Waals surface area contributed by atoms with Crippen molar-refractivity contribution in [1.82, 2.24) is 24.5 Å². The second-order valence-corrected chi connectivity index (χ2v) is 22.1. The predicted molar refractivity (Wildman–Crippen MR) is 167 cm³/mol. The van der Waals surface area contributed by atoms with E-state index in [0.717, 1.165) is 14.7 Å². The standard InChI is InChI=1S/C15H44N5O21P7.K/c21-42(22,23)9-16(1-3-17(10-43(24,25)26)5-7-19(12-45(30,31)32)13-46(33,34)35)2-4-18(11-44(27,28)29)6-8-20(14-47(36,37)38)15-48(39,40)41;/h1-15H2,(H2,21,22,23)(H2,24,25,26)(H2,27,28,29)(H2,30,31,32)(H2,33,34,35)(H2,36,37,38)(H2,39,40,41);/q;+1. The van der Waals surface area contributed by atoms with Gasteiger partial charge in [0.25, 0.3) is 0 Å². The van der Waals surface area contributed by atoms with Crippen molar-refractivity contribution in [3.63, 3.8) is 0 Å². The zero-order chi connectivity index (χ0) is 38.0. The molecular formula is C15H44KN5O21P7+. The summed E-state index contributed by atoms with van der Waals surface area (Å²) in [5, 5.41) is 0. The smallest absolute Gasteiger partial charge is 0.324 e. The summed E-state index contributed by atoms with van der Waals surface area (Å²) in [6.45, 7) is -3.65. The van der Waals surface area contributed by atoms with Gasteiger partial charge in [0.05, 0.1) is 0 Å². The summed E-state index contributed by atoms with van der Waals surface area (Å²) in [5.41, 5.74) is 0. The number of nitrogens with zero attached hydrogens (tertiary/aromatic N) is 5. The summed E-state index contributed by atoms with van der Waals surface area (Å²) in [4.78, 5) is 135. The average molecular weight is 886 g/mol. The third-order valence-electron chi connectivity index (χ3n) is 5.62. The summed E-state index contributed by atoms with van der Waals surface area (Å²) in [5.74, 6) is 0. The molecular weight excluding hydrogens is 842 g/mol. The molecule has 26 nitrogen and oxygen atoms in total. The van der Waals surface area contributed by atoms with E-state index in [0.29, 0.717) is 9.80 Å². The molecule has 49 heavy (non-hydrogen) atoms. The van der Waals surface area contributed by atoms with E-state index >= 15 is 0 Å². The molecule has 0 rings (SSSR count). The molecule has 0 saturated carbocycles. The van der Waals surface area contributed by atoms with Crippen LogP contribution in [0, 0.1) is 0 Å². The van der Waals surface area contributed by atoms with Crippen LogP contribution in [0.25, 0.3) is 0 Å². The third kappa shape index (κ3) is 35.9. The van der Waals surface area contributed by atoms with Crippen LogP contribution in [0.3, 0.4) is 0 Å². The van der Waals surface area contributed by atoms with Gasteiger partial charge in [0.2, 0.25) is 0 Å². The molecule has 0 amide bonds. The minimum atomic E-state index is -4.86. The van der Waals surface area contributed by atoms with Crippen LogP contribution < -0.4 is 51.4 Å². The second kappa shape index (κ2) is 22.3. The van der Waals surface area contributed by atoms with Crippen LogP contribution in [0.2, 0.25) is 0 Å².